The molecule has 3 aromatic rings. The average Bonchev–Trinajstić information content (AvgIpc) is 2.95. The van der Waals surface area contributed by atoms with Crippen LogP contribution >= 0.6 is 0 Å². The van der Waals surface area contributed by atoms with E-state index in [1.165, 1.54) is 0 Å². The highest BCUT2D eigenvalue weighted by molar-refractivity contribution is 6.04. The van der Waals surface area contributed by atoms with E-state index < -0.39 is 0 Å². The van der Waals surface area contributed by atoms with Crippen LogP contribution in [0.2, 0.25) is 0 Å². The SMILES string of the molecule is Cc1ccc(C(=O)Nc2ccc(-n3ccnc3C)cc2)cc1. The van der Waals surface area contributed by atoms with Crippen LogP contribution in [0.25, 0.3) is 5.69 Å². The molecule has 0 saturated heterocycles. The molecule has 0 aliphatic rings. The number of benzene rings is 2. The Bertz CT molecular complexity index is 786. The summed E-state index contributed by atoms with van der Waals surface area (Å²) in [5, 5.41) is 2.90. The van der Waals surface area contributed by atoms with Crippen LogP contribution in [0.4, 0.5) is 5.69 Å². The molecule has 1 aromatic heterocycles. The zero-order chi connectivity index (χ0) is 15.5. The van der Waals surface area contributed by atoms with Crippen molar-refractivity contribution in [3.05, 3.63) is 77.9 Å². The number of aromatic nitrogens is 2. The molecular formula is C18H17N3O. The predicted molar refractivity (Wildman–Crippen MR) is 87.4 cm³/mol. The summed E-state index contributed by atoms with van der Waals surface area (Å²) in [7, 11) is 0. The first-order valence-corrected chi connectivity index (χ1v) is 7.12. The number of rotatable bonds is 3. The zero-order valence-electron chi connectivity index (χ0n) is 12.6. The molecule has 1 heterocycles. The molecule has 0 atom stereocenters. The summed E-state index contributed by atoms with van der Waals surface area (Å²) in [5.74, 6) is 0.822. The van der Waals surface area contributed by atoms with Crippen LogP contribution in [-0.4, -0.2) is 15.5 Å². The zero-order valence-corrected chi connectivity index (χ0v) is 12.6. The van der Waals surface area contributed by atoms with E-state index in [0.717, 1.165) is 22.8 Å². The Hall–Kier alpha value is -2.88. The van der Waals surface area contributed by atoms with E-state index in [1.54, 1.807) is 6.20 Å². The Balaban J connectivity index is 1.75. The number of carbonyl (C=O) groups is 1. The van der Waals surface area contributed by atoms with E-state index in [9.17, 15) is 4.79 Å². The van der Waals surface area contributed by atoms with E-state index in [0.29, 0.717) is 5.56 Å². The molecule has 0 radical (unpaired) electrons. The van der Waals surface area contributed by atoms with Gasteiger partial charge < -0.3 is 9.88 Å². The summed E-state index contributed by atoms with van der Waals surface area (Å²) >= 11 is 0. The number of hydrogen-bond donors (Lipinski definition) is 1. The minimum absolute atomic E-state index is 0.105. The first-order valence-electron chi connectivity index (χ1n) is 7.12. The van der Waals surface area contributed by atoms with Crippen molar-refractivity contribution < 1.29 is 4.79 Å². The molecule has 3 rings (SSSR count). The van der Waals surface area contributed by atoms with Gasteiger partial charge in [-0.3, -0.25) is 4.79 Å². The van der Waals surface area contributed by atoms with Gasteiger partial charge in [-0.1, -0.05) is 17.7 Å². The van der Waals surface area contributed by atoms with Gasteiger partial charge in [0.1, 0.15) is 5.82 Å². The first-order chi connectivity index (χ1) is 10.6. The summed E-state index contributed by atoms with van der Waals surface area (Å²) in [6.07, 6.45) is 3.68. The van der Waals surface area contributed by atoms with Gasteiger partial charge in [-0.2, -0.15) is 0 Å². The lowest BCUT2D eigenvalue weighted by Crippen LogP contribution is -2.11. The van der Waals surface area contributed by atoms with Crippen LogP contribution < -0.4 is 5.32 Å². The number of nitrogens with zero attached hydrogens (tertiary/aromatic N) is 2. The fourth-order valence-electron chi connectivity index (χ4n) is 2.26. The van der Waals surface area contributed by atoms with E-state index in [4.69, 9.17) is 0 Å². The molecule has 22 heavy (non-hydrogen) atoms. The normalized spacial score (nSPS) is 10.5. The van der Waals surface area contributed by atoms with Gasteiger partial charge in [0.15, 0.2) is 0 Å². The highest BCUT2D eigenvalue weighted by Crippen LogP contribution is 2.15. The van der Waals surface area contributed by atoms with Crippen molar-refractivity contribution >= 4 is 11.6 Å². The van der Waals surface area contributed by atoms with Gasteiger partial charge in [0.25, 0.3) is 5.91 Å². The minimum Gasteiger partial charge on any atom is -0.322 e. The first kappa shape index (κ1) is 14.1. The Labute approximate surface area is 129 Å². The average molecular weight is 291 g/mol. The van der Waals surface area contributed by atoms with Gasteiger partial charge >= 0.3 is 0 Å². The molecule has 0 aliphatic heterocycles. The van der Waals surface area contributed by atoms with Crippen molar-refractivity contribution in [2.75, 3.05) is 5.32 Å². The monoisotopic (exact) mass is 291 g/mol. The number of imidazole rings is 1. The quantitative estimate of drug-likeness (QED) is 0.799. The Morgan fingerprint density at radius 1 is 1.00 bits per heavy atom. The maximum atomic E-state index is 12.2. The fourth-order valence-corrected chi connectivity index (χ4v) is 2.26. The lowest BCUT2D eigenvalue weighted by molar-refractivity contribution is 0.102. The summed E-state index contributed by atoms with van der Waals surface area (Å²) in [6.45, 7) is 3.95. The predicted octanol–water partition coefficient (Wildman–Crippen LogP) is 3.74. The largest absolute Gasteiger partial charge is 0.322 e. The van der Waals surface area contributed by atoms with Crippen molar-refractivity contribution in [2.24, 2.45) is 0 Å². The van der Waals surface area contributed by atoms with Crippen LogP contribution in [0.1, 0.15) is 21.7 Å². The van der Waals surface area contributed by atoms with E-state index in [-0.39, 0.29) is 5.91 Å². The summed E-state index contributed by atoms with van der Waals surface area (Å²) in [6, 6.07) is 15.2. The summed E-state index contributed by atoms with van der Waals surface area (Å²) in [4.78, 5) is 16.4. The molecule has 0 unspecified atom stereocenters. The van der Waals surface area contributed by atoms with Crippen molar-refractivity contribution in [3.63, 3.8) is 0 Å². The van der Waals surface area contributed by atoms with Gasteiger partial charge in [-0.15, -0.1) is 0 Å². The number of nitrogens with one attached hydrogen (secondary N) is 1. The number of hydrogen-bond acceptors (Lipinski definition) is 2. The minimum atomic E-state index is -0.105. The molecule has 1 N–H and O–H groups in total. The summed E-state index contributed by atoms with van der Waals surface area (Å²) < 4.78 is 1.99. The van der Waals surface area contributed by atoms with Gasteiger partial charge in [-0.25, -0.2) is 4.98 Å². The summed E-state index contributed by atoms with van der Waals surface area (Å²) in [5.41, 5.74) is 3.58. The Morgan fingerprint density at radius 2 is 1.68 bits per heavy atom. The molecule has 0 aliphatic carbocycles. The highest BCUT2D eigenvalue weighted by Gasteiger charge is 2.06. The third-order valence-corrected chi connectivity index (χ3v) is 3.54. The van der Waals surface area contributed by atoms with E-state index >= 15 is 0 Å². The number of amides is 1. The number of aryl methyl sites for hydroxylation is 2. The van der Waals surface area contributed by atoms with E-state index in [1.807, 2.05) is 73.1 Å². The molecule has 0 saturated carbocycles. The second-order valence-corrected chi connectivity index (χ2v) is 5.21. The van der Waals surface area contributed by atoms with Gasteiger partial charge in [0.05, 0.1) is 0 Å². The Kier molecular flexibility index (Phi) is 3.74. The van der Waals surface area contributed by atoms with Gasteiger partial charge in [0, 0.05) is 29.3 Å². The molecule has 0 bridgehead atoms. The molecule has 110 valence electrons. The van der Waals surface area contributed by atoms with Gasteiger partial charge in [0.2, 0.25) is 0 Å². The van der Waals surface area contributed by atoms with Crippen molar-refractivity contribution in [3.8, 4) is 5.69 Å². The standard InChI is InChI=1S/C18H17N3O/c1-13-3-5-15(6-4-13)18(22)20-16-7-9-17(10-8-16)21-12-11-19-14(21)2/h3-12H,1-2H3,(H,20,22). The molecule has 0 fully saturated rings. The fraction of sp³-hybridized carbons (Fsp3) is 0.111. The van der Waals surface area contributed by atoms with E-state index in [2.05, 4.69) is 10.3 Å². The molecule has 4 heteroatoms. The molecule has 2 aromatic carbocycles. The van der Waals surface area contributed by atoms with Gasteiger partial charge in [-0.05, 0) is 50.2 Å². The van der Waals surface area contributed by atoms with Crippen molar-refractivity contribution in [1.82, 2.24) is 9.55 Å². The van der Waals surface area contributed by atoms with Crippen LogP contribution in [0.15, 0.2) is 60.9 Å². The number of anilines is 1. The Morgan fingerprint density at radius 3 is 2.27 bits per heavy atom. The molecule has 4 nitrogen and oxygen atoms in total. The second-order valence-electron chi connectivity index (χ2n) is 5.21. The third-order valence-electron chi connectivity index (χ3n) is 3.54. The third kappa shape index (κ3) is 2.91. The molecular weight excluding hydrogens is 274 g/mol. The van der Waals surface area contributed by atoms with Crippen molar-refractivity contribution in [2.45, 2.75) is 13.8 Å². The molecule has 0 spiro atoms. The van der Waals surface area contributed by atoms with Crippen molar-refractivity contribution in [1.29, 1.82) is 0 Å². The molecule has 1 amide bonds. The van der Waals surface area contributed by atoms with Crippen LogP contribution in [0.3, 0.4) is 0 Å². The highest BCUT2D eigenvalue weighted by atomic mass is 16.1. The maximum absolute atomic E-state index is 12.2. The van der Waals surface area contributed by atoms with Crippen LogP contribution in [0, 0.1) is 13.8 Å². The second kappa shape index (κ2) is 5.85. The lowest BCUT2D eigenvalue weighted by Gasteiger charge is -2.08. The maximum Gasteiger partial charge on any atom is 0.255 e. The van der Waals surface area contributed by atoms with Crippen LogP contribution in [-0.2, 0) is 0 Å². The lowest BCUT2D eigenvalue weighted by atomic mass is 10.1. The van der Waals surface area contributed by atoms with Crippen LogP contribution in [0.5, 0.6) is 0 Å². The topological polar surface area (TPSA) is 46.9 Å². The number of carbonyl (C=O) groups excluding carboxylic acids is 1. The smallest absolute Gasteiger partial charge is 0.255 e.